The lowest BCUT2D eigenvalue weighted by Gasteiger charge is -2.30. The van der Waals surface area contributed by atoms with Crippen molar-refractivity contribution in [1.82, 2.24) is 14.7 Å². The normalized spacial score (nSPS) is 21.2. The van der Waals surface area contributed by atoms with Crippen molar-refractivity contribution in [3.63, 3.8) is 0 Å². The maximum atomic E-state index is 11.3. The molecule has 1 aromatic heterocycles. The van der Waals surface area contributed by atoms with E-state index in [1.807, 2.05) is 14.1 Å². The predicted molar refractivity (Wildman–Crippen MR) is 61.9 cm³/mol. The molecule has 0 spiro atoms. The topological polar surface area (TPSA) is 76.2 Å². The Morgan fingerprint density at radius 1 is 1.56 bits per heavy atom. The van der Waals surface area contributed by atoms with E-state index in [1.54, 1.807) is 15.8 Å². The Hall–Kier alpha value is -1.72. The molecule has 6 heteroatoms. The Kier molecular flexibility index (Phi) is 2.72. The average Bonchev–Trinajstić information content (AvgIpc) is 2.51. The molecule has 0 aromatic carbocycles. The molecule has 0 bridgehead atoms. The zero-order chi connectivity index (χ0) is 11.7. The quantitative estimate of drug-likeness (QED) is 0.742. The summed E-state index contributed by atoms with van der Waals surface area (Å²) in [5, 5.41) is 7.50. The number of amides is 1. The molecule has 0 radical (unpaired) electrons. The van der Waals surface area contributed by atoms with Gasteiger partial charge in [-0.2, -0.15) is 5.10 Å². The second-order valence-corrected chi connectivity index (χ2v) is 4.26. The number of nitrogen functional groups attached to an aromatic ring is 1. The van der Waals surface area contributed by atoms with E-state index in [1.165, 1.54) is 0 Å². The SMILES string of the molecule is CN1CC(Nc2nn(C)cc2N)CCC1=O. The maximum Gasteiger partial charge on any atom is 0.222 e. The number of hydrogen-bond donors (Lipinski definition) is 2. The Morgan fingerprint density at radius 2 is 2.31 bits per heavy atom. The molecule has 1 aliphatic rings. The van der Waals surface area contributed by atoms with Crippen LogP contribution < -0.4 is 11.1 Å². The molecule has 1 aliphatic heterocycles. The van der Waals surface area contributed by atoms with Crippen molar-refractivity contribution >= 4 is 17.4 Å². The molecule has 3 N–H and O–H groups in total. The molecule has 2 heterocycles. The molecule has 6 nitrogen and oxygen atoms in total. The molecule has 1 aromatic rings. The van der Waals surface area contributed by atoms with Gasteiger partial charge in [-0.1, -0.05) is 0 Å². The molecular weight excluding hydrogens is 206 g/mol. The van der Waals surface area contributed by atoms with Crippen LogP contribution in [-0.2, 0) is 11.8 Å². The van der Waals surface area contributed by atoms with Gasteiger partial charge in [0.25, 0.3) is 0 Å². The largest absolute Gasteiger partial charge is 0.394 e. The van der Waals surface area contributed by atoms with Crippen LogP contribution in [0, 0.1) is 0 Å². The van der Waals surface area contributed by atoms with Crippen LogP contribution in [0.4, 0.5) is 11.5 Å². The molecule has 1 unspecified atom stereocenters. The standard InChI is InChI=1S/C10H17N5O/c1-14-5-7(3-4-9(14)16)12-10-8(11)6-15(2)13-10/h6-7H,3-5,11H2,1-2H3,(H,12,13). The van der Waals surface area contributed by atoms with E-state index in [2.05, 4.69) is 10.4 Å². The lowest BCUT2D eigenvalue weighted by molar-refractivity contribution is -0.132. The number of nitrogens with zero attached hydrogens (tertiary/aromatic N) is 3. The zero-order valence-electron chi connectivity index (χ0n) is 9.60. The van der Waals surface area contributed by atoms with E-state index in [0.29, 0.717) is 24.5 Å². The molecule has 1 fully saturated rings. The van der Waals surface area contributed by atoms with Gasteiger partial charge in [-0.25, -0.2) is 0 Å². The molecule has 16 heavy (non-hydrogen) atoms. The van der Waals surface area contributed by atoms with Crippen LogP contribution in [0.15, 0.2) is 6.20 Å². The molecule has 0 aliphatic carbocycles. The summed E-state index contributed by atoms with van der Waals surface area (Å²) in [7, 11) is 3.65. The third-order valence-electron chi connectivity index (χ3n) is 2.82. The van der Waals surface area contributed by atoms with Gasteiger partial charge in [0, 0.05) is 39.3 Å². The highest BCUT2D eigenvalue weighted by Crippen LogP contribution is 2.19. The summed E-state index contributed by atoms with van der Waals surface area (Å²) in [5.41, 5.74) is 6.43. The highest BCUT2D eigenvalue weighted by Gasteiger charge is 2.23. The fraction of sp³-hybridized carbons (Fsp3) is 0.600. The molecule has 0 saturated carbocycles. The molecular formula is C10H17N5O. The van der Waals surface area contributed by atoms with Crippen molar-refractivity contribution in [2.75, 3.05) is 24.6 Å². The minimum Gasteiger partial charge on any atom is -0.394 e. The first-order valence-electron chi connectivity index (χ1n) is 5.36. The van der Waals surface area contributed by atoms with Gasteiger partial charge < -0.3 is 16.0 Å². The summed E-state index contributed by atoms with van der Waals surface area (Å²) in [6.07, 6.45) is 3.18. The van der Waals surface area contributed by atoms with Crippen molar-refractivity contribution in [2.45, 2.75) is 18.9 Å². The van der Waals surface area contributed by atoms with Crippen LogP contribution in [0.25, 0.3) is 0 Å². The van der Waals surface area contributed by atoms with Crippen LogP contribution in [-0.4, -0.2) is 40.2 Å². The van der Waals surface area contributed by atoms with Crippen molar-refractivity contribution in [3.05, 3.63) is 6.20 Å². The second kappa shape index (κ2) is 4.03. The van der Waals surface area contributed by atoms with Gasteiger partial charge in [0.05, 0.1) is 5.69 Å². The lowest BCUT2D eigenvalue weighted by Crippen LogP contribution is -2.43. The third-order valence-corrected chi connectivity index (χ3v) is 2.82. The van der Waals surface area contributed by atoms with Crippen LogP contribution in [0.5, 0.6) is 0 Å². The highest BCUT2D eigenvalue weighted by molar-refractivity contribution is 5.77. The van der Waals surface area contributed by atoms with Crippen LogP contribution in [0.1, 0.15) is 12.8 Å². The van der Waals surface area contributed by atoms with Gasteiger partial charge in [-0.05, 0) is 6.42 Å². The fourth-order valence-corrected chi connectivity index (χ4v) is 1.94. The van der Waals surface area contributed by atoms with E-state index >= 15 is 0 Å². The summed E-state index contributed by atoms with van der Waals surface area (Å²) in [5.74, 6) is 0.905. The average molecular weight is 223 g/mol. The molecule has 1 atom stereocenters. The number of aryl methyl sites for hydroxylation is 1. The molecule has 88 valence electrons. The number of rotatable bonds is 2. The second-order valence-electron chi connectivity index (χ2n) is 4.26. The van der Waals surface area contributed by atoms with Crippen molar-refractivity contribution in [1.29, 1.82) is 0 Å². The van der Waals surface area contributed by atoms with Gasteiger partial charge in [0.1, 0.15) is 0 Å². The Bertz CT molecular complexity index is 400. The number of nitrogens with two attached hydrogens (primary N) is 1. The van der Waals surface area contributed by atoms with Gasteiger partial charge in [0.15, 0.2) is 5.82 Å². The summed E-state index contributed by atoms with van der Waals surface area (Å²) in [6.45, 7) is 0.703. The number of likely N-dealkylation sites (N-methyl/N-ethyl adjacent to an activating group) is 1. The van der Waals surface area contributed by atoms with Gasteiger partial charge in [-0.3, -0.25) is 9.48 Å². The van der Waals surface area contributed by atoms with Gasteiger partial charge in [0.2, 0.25) is 5.91 Å². The molecule has 2 rings (SSSR count). The van der Waals surface area contributed by atoms with Gasteiger partial charge in [-0.15, -0.1) is 0 Å². The minimum absolute atomic E-state index is 0.201. The molecule has 1 saturated heterocycles. The number of carbonyl (C=O) groups excluding carboxylic acids is 1. The van der Waals surface area contributed by atoms with E-state index in [-0.39, 0.29) is 11.9 Å². The minimum atomic E-state index is 0.201. The Balaban J connectivity index is 2.00. The first kappa shape index (κ1) is 10.8. The van der Waals surface area contributed by atoms with Gasteiger partial charge >= 0.3 is 0 Å². The number of likely N-dealkylation sites (tertiary alicyclic amines) is 1. The summed E-state index contributed by atoms with van der Waals surface area (Å²) in [6, 6.07) is 0.236. The van der Waals surface area contributed by atoms with Crippen molar-refractivity contribution in [3.8, 4) is 0 Å². The molecule has 1 amide bonds. The number of hydrogen-bond acceptors (Lipinski definition) is 4. The summed E-state index contributed by atoms with van der Waals surface area (Å²) < 4.78 is 1.68. The third kappa shape index (κ3) is 2.10. The number of anilines is 2. The van der Waals surface area contributed by atoms with Crippen LogP contribution in [0.3, 0.4) is 0 Å². The predicted octanol–water partition coefficient (Wildman–Crippen LogP) is 0.0350. The summed E-state index contributed by atoms with van der Waals surface area (Å²) >= 11 is 0. The zero-order valence-corrected chi connectivity index (χ0v) is 9.60. The fourth-order valence-electron chi connectivity index (χ4n) is 1.94. The van der Waals surface area contributed by atoms with Crippen LogP contribution in [0.2, 0.25) is 0 Å². The number of nitrogens with one attached hydrogen (secondary N) is 1. The lowest BCUT2D eigenvalue weighted by atomic mass is 10.1. The first-order chi connectivity index (χ1) is 7.56. The summed E-state index contributed by atoms with van der Waals surface area (Å²) in [4.78, 5) is 13.1. The Labute approximate surface area is 94.4 Å². The Morgan fingerprint density at radius 3 is 2.88 bits per heavy atom. The van der Waals surface area contributed by atoms with Crippen LogP contribution >= 0.6 is 0 Å². The van der Waals surface area contributed by atoms with E-state index in [9.17, 15) is 4.79 Å². The number of carbonyl (C=O) groups is 1. The smallest absolute Gasteiger partial charge is 0.222 e. The number of aromatic nitrogens is 2. The van der Waals surface area contributed by atoms with Crippen molar-refractivity contribution in [2.24, 2.45) is 7.05 Å². The van der Waals surface area contributed by atoms with Crippen molar-refractivity contribution < 1.29 is 4.79 Å². The van der Waals surface area contributed by atoms with E-state index in [0.717, 1.165) is 6.42 Å². The number of piperidine rings is 1. The maximum absolute atomic E-state index is 11.3. The monoisotopic (exact) mass is 223 g/mol. The van der Waals surface area contributed by atoms with E-state index in [4.69, 9.17) is 5.73 Å². The highest BCUT2D eigenvalue weighted by atomic mass is 16.2. The van der Waals surface area contributed by atoms with E-state index < -0.39 is 0 Å². The first-order valence-corrected chi connectivity index (χ1v) is 5.36.